The van der Waals surface area contributed by atoms with E-state index in [9.17, 15) is 19.1 Å². The number of carbonyl (C=O) groups is 2. The number of benzene rings is 1. The van der Waals surface area contributed by atoms with Crippen molar-refractivity contribution >= 4 is 33.9 Å². The predicted octanol–water partition coefficient (Wildman–Crippen LogP) is 3.18. The number of hydrogen-bond donors (Lipinski definition) is 1. The van der Waals surface area contributed by atoms with Gasteiger partial charge in [0.15, 0.2) is 0 Å². The summed E-state index contributed by atoms with van der Waals surface area (Å²) in [6.45, 7) is 2.90. The molecule has 1 aliphatic rings. The summed E-state index contributed by atoms with van der Waals surface area (Å²) in [7, 11) is 0. The molecule has 0 saturated carbocycles. The topological polar surface area (TPSA) is 57.6 Å². The third kappa shape index (κ3) is 2.35. The van der Waals surface area contributed by atoms with Gasteiger partial charge < -0.3 is 10.0 Å². The summed E-state index contributed by atoms with van der Waals surface area (Å²) in [5.41, 5.74) is 1.19. The summed E-state index contributed by atoms with van der Waals surface area (Å²) in [6, 6.07) is 2.14. The Labute approximate surface area is 124 Å². The molecule has 1 aromatic rings. The van der Waals surface area contributed by atoms with Gasteiger partial charge in [-0.2, -0.15) is 0 Å². The van der Waals surface area contributed by atoms with Gasteiger partial charge in [0.2, 0.25) is 5.91 Å². The minimum atomic E-state index is -1.01. The van der Waals surface area contributed by atoms with Crippen molar-refractivity contribution in [1.29, 1.82) is 0 Å². The molecule has 1 N–H and O–H groups in total. The van der Waals surface area contributed by atoms with Crippen LogP contribution in [-0.2, 0) is 9.59 Å². The highest BCUT2D eigenvalue weighted by Crippen LogP contribution is 2.39. The lowest BCUT2D eigenvalue weighted by Gasteiger charge is -2.35. The molecule has 0 radical (unpaired) electrons. The largest absolute Gasteiger partial charge is 0.481 e. The second kappa shape index (κ2) is 5.36. The van der Waals surface area contributed by atoms with Gasteiger partial charge in [0.05, 0.1) is 16.4 Å². The third-order valence-electron chi connectivity index (χ3n) is 3.41. The maximum atomic E-state index is 13.6. The Morgan fingerprint density at radius 2 is 2.10 bits per heavy atom. The molecule has 0 saturated heterocycles. The zero-order valence-corrected chi connectivity index (χ0v) is 12.5. The molecule has 0 spiro atoms. The van der Waals surface area contributed by atoms with Gasteiger partial charge in [-0.15, -0.1) is 0 Å². The summed E-state index contributed by atoms with van der Waals surface area (Å²) in [6.07, 6.45) is 3.11. The summed E-state index contributed by atoms with van der Waals surface area (Å²) in [5, 5.41) is 9.24. The standard InChI is InChI=1S/C14H13BrFNO3/c1-7(14(19)20)13-10-3-4-11(16)12(15)9(10)5-6-17(13)8(2)18/h3-7,13H,1-2H3,(H,19,20). The van der Waals surface area contributed by atoms with Crippen molar-refractivity contribution in [2.24, 2.45) is 5.92 Å². The highest BCUT2D eigenvalue weighted by atomic mass is 79.9. The van der Waals surface area contributed by atoms with Crippen molar-refractivity contribution in [3.63, 3.8) is 0 Å². The summed E-state index contributed by atoms with van der Waals surface area (Å²) >= 11 is 3.16. The van der Waals surface area contributed by atoms with E-state index in [1.807, 2.05) is 0 Å². The van der Waals surface area contributed by atoms with Crippen molar-refractivity contribution in [3.05, 3.63) is 39.7 Å². The van der Waals surface area contributed by atoms with Gasteiger partial charge in [0.25, 0.3) is 0 Å². The molecule has 1 aromatic carbocycles. The molecule has 1 amide bonds. The molecule has 2 unspecified atom stereocenters. The first-order chi connectivity index (χ1) is 9.34. The highest BCUT2D eigenvalue weighted by molar-refractivity contribution is 9.10. The first-order valence-corrected chi connectivity index (χ1v) is 6.81. The number of hydrogen-bond acceptors (Lipinski definition) is 2. The van der Waals surface area contributed by atoms with E-state index < -0.39 is 23.7 Å². The van der Waals surface area contributed by atoms with Crippen LogP contribution in [0.15, 0.2) is 22.8 Å². The van der Waals surface area contributed by atoms with Crippen LogP contribution in [-0.4, -0.2) is 21.9 Å². The van der Waals surface area contributed by atoms with E-state index in [2.05, 4.69) is 15.9 Å². The van der Waals surface area contributed by atoms with E-state index in [0.29, 0.717) is 11.1 Å². The van der Waals surface area contributed by atoms with Crippen LogP contribution < -0.4 is 0 Å². The quantitative estimate of drug-likeness (QED) is 0.898. The fourth-order valence-electron chi connectivity index (χ4n) is 2.35. The Balaban J connectivity index is 2.62. The van der Waals surface area contributed by atoms with Crippen LogP contribution in [0.3, 0.4) is 0 Å². The van der Waals surface area contributed by atoms with Crippen molar-refractivity contribution in [3.8, 4) is 0 Å². The maximum Gasteiger partial charge on any atom is 0.308 e. The average molecular weight is 342 g/mol. The molecular formula is C14H13BrFNO3. The Hall–Kier alpha value is -1.69. The number of halogens is 2. The molecule has 0 fully saturated rings. The molecule has 6 heteroatoms. The van der Waals surface area contributed by atoms with Crippen LogP contribution in [0.4, 0.5) is 4.39 Å². The van der Waals surface area contributed by atoms with Crippen molar-refractivity contribution in [1.82, 2.24) is 4.90 Å². The number of amides is 1. The Kier molecular flexibility index (Phi) is 3.94. The number of fused-ring (bicyclic) bond motifs is 1. The summed E-state index contributed by atoms with van der Waals surface area (Å²) in [4.78, 5) is 24.3. The van der Waals surface area contributed by atoms with Crippen molar-refractivity contribution in [2.45, 2.75) is 19.9 Å². The van der Waals surface area contributed by atoms with Gasteiger partial charge in [-0.1, -0.05) is 6.07 Å². The first kappa shape index (κ1) is 14.7. The van der Waals surface area contributed by atoms with Gasteiger partial charge in [0.1, 0.15) is 5.82 Å². The molecule has 1 aliphatic heterocycles. The normalized spacial score (nSPS) is 18.6. The molecule has 0 aliphatic carbocycles. The summed E-state index contributed by atoms with van der Waals surface area (Å²) < 4.78 is 13.8. The first-order valence-electron chi connectivity index (χ1n) is 6.02. The molecule has 4 nitrogen and oxygen atoms in total. The van der Waals surface area contributed by atoms with Gasteiger partial charge in [-0.3, -0.25) is 9.59 Å². The second-order valence-electron chi connectivity index (χ2n) is 4.68. The van der Waals surface area contributed by atoms with Crippen LogP contribution in [0.5, 0.6) is 0 Å². The zero-order valence-electron chi connectivity index (χ0n) is 10.9. The number of carbonyl (C=O) groups excluding carboxylic acids is 1. The summed E-state index contributed by atoms with van der Waals surface area (Å²) in [5.74, 6) is -2.50. The molecule has 0 bridgehead atoms. The number of carboxylic acids is 1. The van der Waals surface area contributed by atoms with Gasteiger partial charge >= 0.3 is 5.97 Å². The Bertz CT molecular complexity index is 615. The van der Waals surface area contributed by atoms with Crippen LogP contribution in [0.2, 0.25) is 0 Å². The van der Waals surface area contributed by atoms with Crippen LogP contribution in [0.1, 0.15) is 31.0 Å². The van der Waals surface area contributed by atoms with E-state index in [4.69, 9.17) is 0 Å². The van der Waals surface area contributed by atoms with Gasteiger partial charge in [-0.05, 0) is 46.1 Å². The smallest absolute Gasteiger partial charge is 0.308 e. The van der Waals surface area contributed by atoms with E-state index >= 15 is 0 Å². The number of carboxylic acid groups (broad SMARTS) is 1. The lowest BCUT2D eigenvalue weighted by Crippen LogP contribution is -2.37. The monoisotopic (exact) mass is 341 g/mol. The Morgan fingerprint density at radius 1 is 1.45 bits per heavy atom. The third-order valence-corrected chi connectivity index (χ3v) is 4.22. The lowest BCUT2D eigenvalue weighted by molar-refractivity contribution is -0.144. The van der Waals surface area contributed by atoms with Crippen LogP contribution in [0, 0.1) is 11.7 Å². The van der Waals surface area contributed by atoms with Gasteiger partial charge in [0, 0.05) is 13.1 Å². The second-order valence-corrected chi connectivity index (χ2v) is 5.47. The molecule has 106 valence electrons. The molecule has 1 heterocycles. The van der Waals surface area contributed by atoms with E-state index in [1.54, 1.807) is 6.08 Å². The number of nitrogens with zero attached hydrogens (tertiary/aromatic N) is 1. The Morgan fingerprint density at radius 3 is 2.65 bits per heavy atom. The van der Waals surface area contributed by atoms with Gasteiger partial charge in [-0.25, -0.2) is 4.39 Å². The molecule has 20 heavy (non-hydrogen) atoms. The lowest BCUT2D eigenvalue weighted by atomic mass is 9.87. The minimum Gasteiger partial charge on any atom is -0.481 e. The van der Waals surface area contributed by atoms with Crippen molar-refractivity contribution < 1.29 is 19.1 Å². The average Bonchev–Trinajstić information content (AvgIpc) is 2.40. The zero-order chi connectivity index (χ0) is 15.0. The van der Waals surface area contributed by atoms with E-state index in [-0.39, 0.29) is 10.4 Å². The minimum absolute atomic E-state index is 0.259. The molecule has 2 rings (SSSR count). The molecule has 0 aromatic heterocycles. The number of aliphatic carboxylic acids is 1. The van der Waals surface area contributed by atoms with E-state index in [0.717, 1.165) is 0 Å². The van der Waals surface area contributed by atoms with Crippen molar-refractivity contribution in [2.75, 3.05) is 0 Å². The molecule has 2 atom stereocenters. The number of rotatable bonds is 2. The van der Waals surface area contributed by atoms with E-state index in [1.165, 1.54) is 37.1 Å². The van der Waals surface area contributed by atoms with Crippen LogP contribution in [0.25, 0.3) is 6.08 Å². The SMILES string of the molecule is CC(=O)N1C=Cc2c(ccc(F)c2Br)C1C(C)C(=O)O. The fourth-order valence-corrected chi connectivity index (χ4v) is 2.85. The highest BCUT2D eigenvalue weighted by Gasteiger charge is 2.35. The predicted molar refractivity (Wildman–Crippen MR) is 75.2 cm³/mol. The molecular weight excluding hydrogens is 329 g/mol. The van der Waals surface area contributed by atoms with Crippen LogP contribution >= 0.6 is 15.9 Å². The fraction of sp³-hybridized carbons (Fsp3) is 0.286. The maximum absolute atomic E-state index is 13.6.